The molecule has 0 amide bonds. The summed E-state index contributed by atoms with van der Waals surface area (Å²) in [5.74, 6) is 0.161. The predicted molar refractivity (Wildman–Crippen MR) is 70.1 cm³/mol. The van der Waals surface area contributed by atoms with Gasteiger partial charge in [-0.3, -0.25) is 4.79 Å². The Hall–Kier alpha value is -1.22. The number of nitrogens with zero attached hydrogens (tertiary/aromatic N) is 1. The second kappa shape index (κ2) is 5.19. The topological polar surface area (TPSA) is 20.3 Å². The summed E-state index contributed by atoms with van der Waals surface area (Å²) in [6.45, 7) is 0.793. The number of benzene rings is 1. The number of hydrogen-bond acceptors (Lipinski definition) is 2. The van der Waals surface area contributed by atoms with Crippen LogP contribution in [0.2, 0.25) is 0 Å². The fourth-order valence-corrected chi connectivity index (χ4v) is 3.02. The number of carbonyl (C=O) groups is 1. The average Bonchev–Trinajstić information content (AvgIpc) is 2.32. The van der Waals surface area contributed by atoms with Crippen LogP contribution in [-0.4, -0.2) is 31.3 Å². The Labute approximate surface area is 108 Å². The van der Waals surface area contributed by atoms with Gasteiger partial charge in [0.1, 0.15) is 11.6 Å². The molecule has 1 aromatic carbocycles. The molecule has 0 saturated heterocycles. The van der Waals surface area contributed by atoms with E-state index in [1.807, 2.05) is 26.2 Å². The van der Waals surface area contributed by atoms with Crippen LogP contribution in [0, 0.1) is 5.82 Å². The van der Waals surface area contributed by atoms with Crippen molar-refractivity contribution in [3.05, 3.63) is 35.6 Å². The van der Waals surface area contributed by atoms with Crippen molar-refractivity contribution in [2.75, 3.05) is 20.6 Å². The third-order valence-electron chi connectivity index (χ3n) is 3.83. The summed E-state index contributed by atoms with van der Waals surface area (Å²) in [7, 11) is 4.00. The maximum atomic E-state index is 14.1. The molecule has 0 unspecified atom stereocenters. The SMILES string of the molecule is CN(C)CC1(c2ccccc2F)CCC(=O)CC1. The number of rotatable bonds is 3. The van der Waals surface area contributed by atoms with Crippen LogP contribution >= 0.6 is 0 Å². The molecule has 0 N–H and O–H groups in total. The van der Waals surface area contributed by atoms with Crippen LogP contribution in [-0.2, 0) is 10.2 Å². The van der Waals surface area contributed by atoms with E-state index in [1.165, 1.54) is 6.07 Å². The summed E-state index contributed by atoms with van der Waals surface area (Å²) in [5.41, 5.74) is 0.564. The van der Waals surface area contributed by atoms with Crippen molar-refractivity contribution >= 4 is 5.78 Å². The van der Waals surface area contributed by atoms with Crippen molar-refractivity contribution in [2.24, 2.45) is 0 Å². The van der Waals surface area contributed by atoms with E-state index in [0.717, 1.165) is 24.9 Å². The van der Waals surface area contributed by atoms with Crippen molar-refractivity contribution in [2.45, 2.75) is 31.1 Å². The molecule has 0 aliphatic heterocycles. The minimum absolute atomic E-state index is 0.145. The molecule has 2 rings (SSSR count). The van der Waals surface area contributed by atoms with Gasteiger partial charge in [0.2, 0.25) is 0 Å². The molecule has 0 radical (unpaired) electrons. The van der Waals surface area contributed by atoms with Crippen LogP contribution in [0.15, 0.2) is 24.3 Å². The molecule has 0 atom stereocenters. The first-order chi connectivity index (χ1) is 8.53. The Morgan fingerprint density at radius 2 is 1.83 bits per heavy atom. The zero-order valence-corrected chi connectivity index (χ0v) is 11.1. The van der Waals surface area contributed by atoms with E-state index in [9.17, 15) is 9.18 Å². The second-order valence-corrected chi connectivity index (χ2v) is 5.54. The molecule has 1 aromatic rings. The molecule has 3 heteroatoms. The fourth-order valence-electron chi connectivity index (χ4n) is 3.02. The van der Waals surface area contributed by atoms with Crippen LogP contribution in [0.1, 0.15) is 31.2 Å². The van der Waals surface area contributed by atoms with Crippen LogP contribution < -0.4 is 0 Å². The summed E-state index contributed by atoms with van der Waals surface area (Å²) in [6, 6.07) is 6.99. The van der Waals surface area contributed by atoms with Crippen molar-refractivity contribution in [1.82, 2.24) is 4.90 Å². The number of carbonyl (C=O) groups excluding carboxylic acids is 1. The van der Waals surface area contributed by atoms with Gasteiger partial charge in [-0.05, 0) is 38.6 Å². The van der Waals surface area contributed by atoms with Gasteiger partial charge < -0.3 is 4.90 Å². The Bertz CT molecular complexity index is 432. The first-order valence-electron chi connectivity index (χ1n) is 6.45. The largest absolute Gasteiger partial charge is 0.309 e. The van der Waals surface area contributed by atoms with E-state index in [0.29, 0.717) is 18.6 Å². The number of halogens is 1. The highest BCUT2D eigenvalue weighted by atomic mass is 19.1. The van der Waals surface area contributed by atoms with Crippen LogP contribution in [0.25, 0.3) is 0 Å². The summed E-state index contributed by atoms with van der Waals surface area (Å²) < 4.78 is 14.1. The van der Waals surface area contributed by atoms with E-state index in [2.05, 4.69) is 4.90 Å². The molecule has 0 heterocycles. The highest BCUT2D eigenvalue weighted by molar-refractivity contribution is 5.79. The molecule has 2 nitrogen and oxygen atoms in total. The Kier molecular flexibility index (Phi) is 3.81. The highest BCUT2D eigenvalue weighted by Crippen LogP contribution is 2.39. The predicted octanol–water partition coefficient (Wildman–Crippen LogP) is 2.77. The smallest absolute Gasteiger partial charge is 0.132 e. The Morgan fingerprint density at radius 3 is 2.39 bits per heavy atom. The molecule has 1 aliphatic rings. The Morgan fingerprint density at radius 1 is 1.22 bits per heavy atom. The van der Waals surface area contributed by atoms with Gasteiger partial charge >= 0.3 is 0 Å². The van der Waals surface area contributed by atoms with Crippen molar-refractivity contribution in [1.29, 1.82) is 0 Å². The van der Waals surface area contributed by atoms with Gasteiger partial charge in [-0.15, -0.1) is 0 Å². The number of ketones is 1. The molecule has 18 heavy (non-hydrogen) atoms. The summed E-state index contributed by atoms with van der Waals surface area (Å²) >= 11 is 0. The average molecular weight is 249 g/mol. The summed E-state index contributed by atoms with van der Waals surface area (Å²) in [5, 5.41) is 0. The van der Waals surface area contributed by atoms with Crippen LogP contribution in [0.5, 0.6) is 0 Å². The Balaban J connectivity index is 2.36. The van der Waals surface area contributed by atoms with Gasteiger partial charge in [0, 0.05) is 24.8 Å². The van der Waals surface area contributed by atoms with Crippen molar-refractivity contribution in [3.63, 3.8) is 0 Å². The standard InChI is InChI=1S/C15H20FNO/c1-17(2)11-15(9-7-12(18)8-10-15)13-5-3-4-6-14(13)16/h3-6H,7-11H2,1-2H3. The molecular weight excluding hydrogens is 229 g/mol. The maximum absolute atomic E-state index is 14.1. The van der Waals surface area contributed by atoms with Crippen LogP contribution in [0.4, 0.5) is 4.39 Å². The molecule has 0 spiro atoms. The fraction of sp³-hybridized carbons (Fsp3) is 0.533. The van der Waals surface area contributed by atoms with Gasteiger partial charge in [-0.25, -0.2) is 4.39 Å². The molecule has 0 aromatic heterocycles. The molecule has 98 valence electrons. The third-order valence-corrected chi connectivity index (χ3v) is 3.83. The lowest BCUT2D eigenvalue weighted by Gasteiger charge is -2.39. The summed E-state index contributed by atoms with van der Waals surface area (Å²) in [4.78, 5) is 13.5. The number of Topliss-reactive ketones (excluding diaryl/α,β-unsaturated/α-hetero) is 1. The normalized spacial score (nSPS) is 19.2. The second-order valence-electron chi connectivity index (χ2n) is 5.54. The zero-order valence-electron chi connectivity index (χ0n) is 11.1. The first-order valence-corrected chi connectivity index (χ1v) is 6.45. The van der Waals surface area contributed by atoms with E-state index in [4.69, 9.17) is 0 Å². The third kappa shape index (κ3) is 2.61. The lowest BCUT2D eigenvalue weighted by molar-refractivity contribution is -0.121. The van der Waals surface area contributed by atoms with Crippen molar-refractivity contribution < 1.29 is 9.18 Å². The van der Waals surface area contributed by atoms with E-state index in [1.54, 1.807) is 6.07 Å². The van der Waals surface area contributed by atoms with Gasteiger partial charge in [-0.1, -0.05) is 18.2 Å². The van der Waals surface area contributed by atoms with Gasteiger partial charge in [-0.2, -0.15) is 0 Å². The molecule has 1 fully saturated rings. The zero-order chi connectivity index (χ0) is 13.2. The maximum Gasteiger partial charge on any atom is 0.132 e. The quantitative estimate of drug-likeness (QED) is 0.821. The minimum Gasteiger partial charge on any atom is -0.309 e. The van der Waals surface area contributed by atoms with E-state index in [-0.39, 0.29) is 11.2 Å². The first kappa shape index (κ1) is 13.2. The summed E-state index contributed by atoms with van der Waals surface area (Å²) in [6.07, 6.45) is 2.65. The molecular formula is C15H20FNO. The lowest BCUT2D eigenvalue weighted by atomic mass is 9.68. The minimum atomic E-state index is -0.206. The van der Waals surface area contributed by atoms with E-state index >= 15 is 0 Å². The lowest BCUT2D eigenvalue weighted by Crippen LogP contribution is -2.41. The van der Waals surface area contributed by atoms with Gasteiger partial charge in [0.25, 0.3) is 0 Å². The highest BCUT2D eigenvalue weighted by Gasteiger charge is 2.38. The monoisotopic (exact) mass is 249 g/mol. The molecule has 1 saturated carbocycles. The van der Waals surface area contributed by atoms with E-state index < -0.39 is 0 Å². The van der Waals surface area contributed by atoms with Gasteiger partial charge in [0.15, 0.2) is 0 Å². The molecule has 0 bridgehead atoms. The van der Waals surface area contributed by atoms with Crippen LogP contribution in [0.3, 0.4) is 0 Å². The molecule has 1 aliphatic carbocycles. The van der Waals surface area contributed by atoms with Gasteiger partial charge in [0.05, 0.1) is 0 Å². The number of hydrogen-bond donors (Lipinski definition) is 0. The number of likely N-dealkylation sites (N-methyl/N-ethyl adjacent to an activating group) is 1. The van der Waals surface area contributed by atoms with Crippen molar-refractivity contribution in [3.8, 4) is 0 Å².